The van der Waals surface area contributed by atoms with Crippen LogP contribution >= 0.6 is 0 Å². The Kier molecular flexibility index (Phi) is 4.34. The molecule has 1 N–H and O–H groups in total. The first-order valence-corrected chi connectivity index (χ1v) is 9.62. The second kappa shape index (κ2) is 7.05. The van der Waals surface area contributed by atoms with Crippen molar-refractivity contribution in [2.24, 2.45) is 0 Å². The molecule has 30 heavy (non-hydrogen) atoms. The zero-order valence-electron chi connectivity index (χ0n) is 16.2. The number of carbonyl (C=O) groups excluding carboxylic acids is 1. The third kappa shape index (κ3) is 3.04. The Bertz CT molecular complexity index is 1170. The summed E-state index contributed by atoms with van der Waals surface area (Å²) in [5.74, 6) is -0.310. The van der Waals surface area contributed by atoms with E-state index in [1.807, 2.05) is 13.0 Å². The van der Waals surface area contributed by atoms with E-state index in [0.29, 0.717) is 35.5 Å². The number of ether oxygens (including phenoxy) is 1. The van der Waals surface area contributed by atoms with Gasteiger partial charge in [0.1, 0.15) is 29.2 Å². The van der Waals surface area contributed by atoms with E-state index in [2.05, 4.69) is 15.3 Å². The molecule has 5 rings (SSSR count). The highest BCUT2D eigenvalue weighted by molar-refractivity contribution is 6.04. The maximum Gasteiger partial charge on any atom is 0.326 e. The average molecular weight is 408 g/mol. The molecule has 2 aliphatic heterocycles. The van der Waals surface area contributed by atoms with Crippen LogP contribution in [-0.4, -0.2) is 16.0 Å². The number of benzene rings is 1. The van der Waals surface area contributed by atoms with Crippen LogP contribution in [0.3, 0.4) is 0 Å². The van der Waals surface area contributed by atoms with Crippen LogP contribution in [0.2, 0.25) is 0 Å². The van der Waals surface area contributed by atoms with Crippen molar-refractivity contribution in [3.8, 4) is 5.75 Å². The first-order valence-electron chi connectivity index (χ1n) is 9.62. The van der Waals surface area contributed by atoms with E-state index >= 15 is 0 Å². The molecule has 0 bridgehead atoms. The number of urea groups is 1. The lowest BCUT2D eigenvalue weighted by Gasteiger charge is -2.32. The van der Waals surface area contributed by atoms with Crippen molar-refractivity contribution in [2.75, 3.05) is 10.2 Å². The van der Waals surface area contributed by atoms with Gasteiger partial charge in [-0.05, 0) is 43.0 Å². The van der Waals surface area contributed by atoms with Crippen LogP contribution in [0.1, 0.15) is 34.9 Å². The number of nitrogens with zero attached hydrogens (tertiary/aromatic N) is 3. The highest BCUT2D eigenvalue weighted by atomic mass is 19.1. The predicted molar refractivity (Wildman–Crippen MR) is 106 cm³/mol. The topological polar surface area (TPSA) is 67.4 Å². The van der Waals surface area contributed by atoms with E-state index in [4.69, 9.17) is 4.74 Å². The highest BCUT2D eigenvalue weighted by Crippen LogP contribution is 2.40. The Balaban J connectivity index is 1.50. The fraction of sp³-hybridized carbons (Fsp3) is 0.227. The Labute approximate surface area is 171 Å². The van der Waals surface area contributed by atoms with E-state index in [1.165, 1.54) is 23.4 Å². The van der Waals surface area contributed by atoms with Crippen molar-refractivity contribution in [3.05, 3.63) is 76.9 Å². The summed E-state index contributed by atoms with van der Waals surface area (Å²) in [5.41, 5.74) is 3.47. The molecule has 2 aliphatic rings. The number of rotatable bonds is 2. The monoisotopic (exact) mass is 408 g/mol. The summed E-state index contributed by atoms with van der Waals surface area (Å²) >= 11 is 0. The van der Waals surface area contributed by atoms with Crippen LogP contribution in [0.5, 0.6) is 5.75 Å². The molecule has 0 spiro atoms. The molecular weight excluding hydrogens is 390 g/mol. The lowest BCUT2D eigenvalue weighted by atomic mass is 9.97. The number of nitrogens with one attached hydrogen (secondary N) is 1. The SMILES string of the molecule is Cc1cc2c(cc1N1Cc3c(F)cncc3NC1=O)OC(c1ncccc1F)CC2. The third-order valence-corrected chi connectivity index (χ3v) is 5.51. The summed E-state index contributed by atoms with van der Waals surface area (Å²) in [4.78, 5) is 22.1. The molecule has 0 saturated heterocycles. The van der Waals surface area contributed by atoms with Gasteiger partial charge < -0.3 is 10.1 Å². The number of fused-ring (bicyclic) bond motifs is 2. The largest absolute Gasteiger partial charge is 0.484 e. The van der Waals surface area contributed by atoms with Crippen LogP contribution < -0.4 is 15.0 Å². The molecule has 0 radical (unpaired) electrons. The van der Waals surface area contributed by atoms with Gasteiger partial charge in [0, 0.05) is 17.8 Å². The minimum Gasteiger partial charge on any atom is -0.484 e. The predicted octanol–water partition coefficient (Wildman–Crippen LogP) is 4.68. The molecule has 0 aliphatic carbocycles. The first-order chi connectivity index (χ1) is 14.5. The molecule has 2 amide bonds. The molecule has 1 atom stereocenters. The normalized spacial score (nSPS) is 17.6. The van der Waals surface area contributed by atoms with Crippen molar-refractivity contribution in [2.45, 2.75) is 32.4 Å². The standard InChI is InChI=1S/C22H18F2N4O2/c1-12-7-13-4-5-19(21-15(23)3-2-6-26-21)30-20(13)8-18(12)28-11-14-16(24)9-25-10-17(14)27-22(28)29/h2-3,6-10,19H,4-5,11H2,1H3,(H,27,29). The van der Waals surface area contributed by atoms with Gasteiger partial charge in [0.05, 0.1) is 30.3 Å². The van der Waals surface area contributed by atoms with Gasteiger partial charge in [0.15, 0.2) is 0 Å². The number of aromatic nitrogens is 2. The molecule has 4 heterocycles. The van der Waals surface area contributed by atoms with E-state index in [0.717, 1.165) is 17.3 Å². The number of carbonyl (C=O) groups is 1. The van der Waals surface area contributed by atoms with Gasteiger partial charge in [-0.2, -0.15) is 0 Å². The quantitative estimate of drug-likeness (QED) is 0.669. The number of anilines is 2. The van der Waals surface area contributed by atoms with Gasteiger partial charge in [-0.1, -0.05) is 6.07 Å². The maximum atomic E-state index is 14.2. The van der Waals surface area contributed by atoms with E-state index in [-0.39, 0.29) is 18.3 Å². The van der Waals surface area contributed by atoms with Gasteiger partial charge in [-0.25, -0.2) is 13.6 Å². The molecule has 8 heteroatoms. The van der Waals surface area contributed by atoms with Crippen molar-refractivity contribution in [3.63, 3.8) is 0 Å². The molecule has 1 aromatic carbocycles. The van der Waals surface area contributed by atoms with Gasteiger partial charge in [-0.15, -0.1) is 0 Å². The number of pyridine rings is 2. The summed E-state index contributed by atoms with van der Waals surface area (Å²) in [6, 6.07) is 6.25. The average Bonchev–Trinajstić information content (AvgIpc) is 2.73. The Morgan fingerprint density at radius 1 is 1.23 bits per heavy atom. The molecule has 0 saturated carbocycles. The zero-order valence-corrected chi connectivity index (χ0v) is 16.2. The second-order valence-corrected chi connectivity index (χ2v) is 7.43. The van der Waals surface area contributed by atoms with Crippen molar-refractivity contribution < 1.29 is 18.3 Å². The van der Waals surface area contributed by atoms with Crippen LogP contribution in [0.15, 0.2) is 42.9 Å². The second-order valence-electron chi connectivity index (χ2n) is 7.43. The summed E-state index contributed by atoms with van der Waals surface area (Å²) in [6.07, 6.45) is 4.90. The highest BCUT2D eigenvalue weighted by Gasteiger charge is 2.30. The number of amides is 2. The molecule has 6 nitrogen and oxygen atoms in total. The van der Waals surface area contributed by atoms with Crippen molar-refractivity contribution >= 4 is 17.4 Å². The summed E-state index contributed by atoms with van der Waals surface area (Å²) in [6.45, 7) is 1.97. The Morgan fingerprint density at radius 3 is 2.93 bits per heavy atom. The number of aryl methyl sites for hydroxylation is 2. The van der Waals surface area contributed by atoms with Crippen LogP contribution in [0, 0.1) is 18.6 Å². The lowest BCUT2D eigenvalue weighted by Crippen LogP contribution is -2.39. The zero-order chi connectivity index (χ0) is 20.8. The Hall–Kier alpha value is -3.55. The van der Waals surface area contributed by atoms with Crippen molar-refractivity contribution in [1.82, 2.24) is 9.97 Å². The molecule has 2 aromatic heterocycles. The fourth-order valence-electron chi connectivity index (χ4n) is 4.00. The molecule has 1 unspecified atom stereocenters. The number of hydrogen-bond donors (Lipinski definition) is 1. The number of halogens is 2. The Morgan fingerprint density at radius 2 is 2.10 bits per heavy atom. The first kappa shape index (κ1) is 18.5. The van der Waals surface area contributed by atoms with Gasteiger partial charge in [0.25, 0.3) is 0 Å². The van der Waals surface area contributed by atoms with Crippen LogP contribution in [-0.2, 0) is 13.0 Å². The summed E-state index contributed by atoms with van der Waals surface area (Å²) < 4.78 is 34.5. The smallest absolute Gasteiger partial charge is 0.326 e. The fourth-order valence-corrected chi connectivity index (χ4v) is 4.00. The molecular formula is C22H18F2N4O2. The maximum absolute atomic E-state index is 14.2. The van der Waals surface area contributed by atoms with Crippen molar-refractivity contribution in [1.29, 1.82) is 0 Å². The molecule has 152 valence electrons. The molecule has 0 fully saturated rings. The summed E-state index contributed by atoms with van der Waals surface area (Å²) in [7, 11) is 0. The summed E-state index contributed by atoms with van der Waals surface area (Å²) in [5, 5.41) is 2.68. The van der Waals surface area contributed by atoms with Gasteiger partial charge in [0.2, 0.25) is 0 Å². The molecule has 3 aromatic rings. The lowest BCUT2D eigenvalue weighted by molar-refractivity contribution is 0.167. The minimum atomic E-state index is -0.506. The van der Waals surface area contributed by atoms with Gasteiger partial charge in [-0.3, -0.25) is 14.9 Å². The van der Waals surface area contributed by atoms with E-state index in [9.17, 15) is 13.6 Å². The third-order valence-electron chi connectivity index (χ3n) is 5.51. The van der Waals surface area contributed by atoms with E-state index < -0.39 is 17.7 Å². The van der Waals surface area contributed by atoms with E-state index in [1.54, 1.807) is 12.1 Å². The van der Waals surface area contributed by atoms with Crippen LogP contribution in [0.25, 0.3) is 0 Å². The van der Waals surface area contributed by atoms with Crippen LogP contribution in [0.4, 0.5) is 25.0 Å². The van der Waals surface area contributed by atoms with Gasteiger partial charge >= 0.3 is 6.03 Å². The number of hydrogen-bond acceptors (Lipinski definition) is 4. The minimum absolute atomic E-state index is 0.0768.